The summed E-state index contributed by atoms with van der Waals surface area (Å²) in [5, 5.41) is 13.2. The molecule has 0 aliphatic rings. The van der Waals surface area contributed by atoms with E-state index in [9.17, 15) is 4.79 Å². The molecule has 1 heterocycles. The molecular formula is C15H10BrN3O2. The van der Waals surface area contributed by atoms with Gasteiger partial charge in [0.2, 0.25) is 0 Å². The van der Waals surface area contributed by atoms with E-state index in [1.165, 1.54) is 4.68 Å². The average molecular weight is 344 g/mol. The zero-order chi connectivity index (χ0) is 14.8. The highest BCUT2D eigenvalue weighted by Gasteiger charge is 2.17. The summed E-state index contributed by atoms with van der Waals surface area (Å²) in [5.41, 5.74) is 1.55. The molecule has 0 bridgehead atoms. The lowest BCUT2D eigenvalue weighted by molar-refractivity contribution is 0.0683. The average Bonchev–Trinajstić information content (AvgIpc) is 2.94. The van der Waals surface area contributed by atoms with Crippen LogP contribution in [0.5, 0.6) is 0 Å². The summed E-state index contributed by atoms with van der Waals surface area (Å²) in [6.45, 7) is 0. The van der Waals surface area contributed by atoms with Gasteiger partial charge in [-0.1, -0.05) is 46.3 Å². The van der Waals surface area contributed by atoms with Crippen LogP contribution in [0.4, 0.5) is 0 Å². The van der Waals surface area contributed by atoms with Crippen LogP contribution in [0.1, 0.15) is 10.6 Å². The SMILES string of the molecule is O=C(O)c1nc(-c2ccccc2)n(-c2ccc(Br)cc2)n1. The molecule has 0 atom stereocenters. The highest BCUT2D eigenvalue weighted by atomic mass is 79.9. The Labute approximate surface area is 129 Å². The van der Waals surface area contributed by atoms with Crippen molar-refractivity contribution >= 4 is 21.9 Å². The van der Waals surface area contributed by atoms with Gasteiger partial charge in [-0.15, -0.1) is 5.10 Å². The fourth-order valence-corrected chi connectivity index (χ4v) is 2.20. The van der Waals surface area contributed by atoms with Crippen LogP contribution in [0.3, 0.4) is 0 Å². The van der Waals surface area contributed by atoms with E-state index in [0.717, 1.165) is 15.7 Å². The zero-order valence-corrected chi connectivity index (χ0v) is 12.4. The summed E-state index contributed by atoms with van der Waals surface area (Å²) in [6, 6.07) is 16.8. The van der Waals surface area contributed by atoms with Crippen LogP contribution < -0.4 is 0 Å². The Hall–Kier alpha value is -2.47. The summed E-state index contributed by atoms with van der Waals surface area (Å²) in [5.74, 6) is -0.880. The Morgan fingerprint density at radius 3 is 2.33 bits per heavy atom. The molecule has 2 aromatic carbocycles. The Balaban J connectivity index is 2.19. The van der Waals surface area contributed by atoms with Crippen molar-refractivity contribution in [1.82, 2.24) is 14.8 Å². The second-order valence-electron chi connectivity index (χ2n) is 4.32. The van der Waals surface area contributed by atoms with Gasteiger partial charge in [-0.25, -0.2) is 14.5 Å². The van der Waals surface area contributed by atoms with E-state index in [4.69, 9.17) is 5.11 Å². The molecule has 104 valence electrons. The Bertz CT molecular complexity index is 782. The van der Waals surface area contributed by atoms with Crippen molar-refractivity contribution in [3.63, 3.8) is 0 Å². The van der Waals surface area contributed by atoms with Crippen LogP contribution in [-0.2, 0) is 0 Å². The first-order chi connectivity index (χ1) is 10.1. The second kappa shape index (κ2) is 5.49. The molecule has 0 radical (unpaired) electrons. The predicted molar refractivity (Wildman–Crippen MR) is 81.5 cm³/mol. The minimum atomic E-state index is -1.15. The molecule has 5 nitrogen and oxygen atoms in total. The zero-order valence-electron chi connectivity index (χ0n) is 10.8. The third-order valence-corrected chi connectivity index (χ3v) is 3.43. The van der Waals surface area contributed by atoms with Crippen molar-refractivity contribution < 1.29 is 9.90 Å². The van der Waals surface area contributed by atoms with Gasteiger partial charge in [0.25, 0.3) is 5.82 Å². The topological polar surface area (TPSA) is 68.0 Å². The molecule has 0 fully saturated rings. The molecule has 0 amide bonds. The van der Waals surface area contributed by atoms with Gasteiger partial charge in [0.05, 0.1) is 5.69 Å². The van der Waals surface area contributed by atoms with E-state index in [1.807, 2.05) is 54.6 Å². The molecule has 1 aromatic heterocycles. The highest BCUT2D eigenvalue weighted by molar-refractivity contribution is 9.10. The third-order valence-electron chi connectivity index (χ3n) is 2.90. The van der Waals surface area contributed by atoms with E-state index in [0.29, 0.717) is 5.82 Å². The number of nitrogens with zero attached hydrogens (tertiary/aromatic N) is 3. The van der Waals surface area contributed by atoms with E-state index in [-0.39, 0.29) is 5.82 Å². The lowest BCUT2D eigenvalue weighted by Crippen LogP contribution is -2.02. The Kier molecular flexibility index (Phi) is 3.53. The number of carboxylic acids is 1. The fourth-order valence-electron chi connectivity index (χ4n) is 1.94. The molecule has 6 heteroatoms. The van der Waals surface area contributed by atoms with Gasteiger partial charge in [-0.3, -0.25) is 0 Å². The summed E-state index contributed by atoms with van der Waals surface area (Å²) in [7, 11) is 0. The van der Waals surface area contributed by atoms with Crippen molar-refractivity contribution in [3.8, 4) is 17.1 Å². The van der Waals surface area contributed by atoms with Crippen molar-refractivity contribution in [2.24, 2.45) is 0 Å². The molecular weight excluding hydrogens is 334 g/mol. The standard InChI is InChI=1S/C15H10BrN3O2/c16-11-6-8-12(9-7-11)19-14(10-4-2-1-3-5-10)17-13(18-19)15(20)21/h1-9H,(H,20,21). The van der Waals surface area contributed by atoms with Crippen molar-refractivity contribution in [2.45, 2.75) is 0 Å². The molecule has 0 aliphatic heterocycles. The number of rotatable bonds is 3. The molecule has 0 spiro atoms. The number of hydrogen-bond donors (Lipinski definition) is 1. The van der Waals surface area contributed by atoms with Gasteiger partial charge in [0, 0.05) is 10.0 Å². The van der Waals surface area contributed by atoms with Gasteiger partial charge < -0.3 is 5.11 Å². The lowest BCUT2D eigenvalue weighted by atomic mass is 10.2. The van der Waals surface area contributed by atoms with Gasteiger partial charge in [0.1, 0.15) is 0 Å². The molecule has 0 unspecified atom stereocenters. The smallest absolute Gasteiger partial charge is 0.375 e. The largest absolute Gasteiger partial charge is 0.475 e. The summed E-state index contributed by atoms with van der Waals surface area (Å²) < 4.78 is 2.47. The highest BCUT2D eigenvalue weighted by Crippen LogP contribution is 2.22. The third kappa shape index (κ3) is 2.71. The van der Waals surface area contributed by atoms with Crippen LogP contribution in [0.2, 0.25) is 0 Å². The van der Waals surface area contributed by atoms with Crippen LogP contribution in [0.15, 0.2) is 59.1 Å². The van der Waals surface area contributed by atoms with Gasteiger partial charge in [0.15, 0.2) is 5.82 Å². The molecule has 0 saturated carbocycles. The minimum Gasteiger partial charge on any atom is -0.475 e. The molecule has 1 N–H and O–H groups in total. The van der Waals surface area contributed by atoms with E-state index < -0.39 is 5.97 Å². The lowest BCUT2D eigenvalue weighted by Gasteiger charge is -2.05. The van der Waals surface area contributed by atoms with Crippen molar-refractivity contribution in [1.29, 1.82) is 0 Å². The van der Waals surface area contributed by atoms with Crippen LogP contribution in [-0.4, -0.2) is 25.8 Å². The molecule has 0 aliphatic carbocycles. The first-order valence-corrected chi connectivity index (χ1v) is 6.96. The summed E-state index contributed by atoms with van der Waals surface area (Å²) in [6.07, 6.45) is 0. The van der Waals surface area contributed by atoms with E-state index in [1.54, 1.807) is 0 Å². The van der Waals surface area contributed by atoms with Crippen molar-refractivity contribution in [2.75, 3.05) is 0 Å². The first kappa shape index (κ1) is 13.5. The number of carbonyl (C=O) groups is 1. The first-order valence-electron chi connectivity index (χ1n) is 6.17. The second-order valence-corrected chi connectivity index (χ2v) is 5.23. The number of hydrogen-bond acceptors (Lipinski definition) is 3. The van der Waals surface area contributed by atoms with Crippen LogP contribution >= 0.6 is 15.9 Å². The quantitative estimate of drug-likeness (QED) is 0.791. The number of aromatic carboxylic acids is 1. The Morgan fingerprint density at radius 2 is 1.71 bits per heavy atom. The minimum absolute atomic E-state index is 0.225. The fraction of sp³-hybridized carbons (Fsp3) is 0. The number of benzene rings is 2. The van der Waals surface area contributed by atoms with Crippen LogP contribution in [0, 0.1) is 0 Å². The molecule has 0 saturated heterocycles. The number of aromatic nitrogens is 3. The maximum absolute atomic E-state index is 11.1. The maximum Gasteiger partial charge on any atom is 0.375 e. The molecule has 3 rings (SSSR count). The van der Waals surface area contributed by atoms with E-state index >= 15 is 0 Å². The van der Waals surface area contributed by atoms with Crippen LogP contribution in [0.25, 0.3) is 17.1 Å². The predicted octanol–water partition coefficient (Wildman–Crippen LogP) is 3.40. The molecule has 3 aromatic rings. The summed E-state index contributed by atoms with van der Waals surface area (Å²) in [4.78, 5) is 15.3. The Morgan fingerprint density at radius 1 is 1.05 bits per heavy atom. The number of halogens is 1. The maximum atomic E-state index is 11.1. The van der Waals surface area contributed by atoms with Crippen molar-refractivity contribution in [3.05, 3.63) is 64.9 Å². The van der Waals surface area contributed by atoms with Gasteiger partial charge in [-0.05, 0) is 24.3 Å². The summed E-state index contributed by atoms with van der Waals surface area (Å²) >= 11 is 3.37. The monoisotopic (exact) mass is 343 g/mol. The van der Waals surface area contributed by atoms with Gasteiger partial charge in [-0.2, -0.15) is 0 Å². The number of carboxylic acid groups (broad SMARTS) is 1. The normalized spacial score (nSPS) is 10.5. The molecule has 21 heavy (non-hydrogen) atoms. The van der Waals surface area contributed by atoms with E-state index in [2.05, 4.69) is 26.0 Å². The van der Waals surface area contributed by atoms with Gasteiger partial charge >= 0.3 is 5.97 Å².